The van der Waals surface area contributed by atoms with Gasteiger partial charge in [-0.05, 0) is 36.6 Å². The van der Waals surface area contributed by atoms with Gasteiger partial charge in [-0.25, -0.2) is 4.79 Å². The normalized spacial score (nSPS) is 16.9. The van der Waals surface area contributed by atoms with Crippen LogP contribution in [0.2, 0.25) is 5.02 Å². The van der Waals surface area contributed by atoms with E-state index in [0.29, 0.717) is 29.2 Å². The number of anilines is 1. The number of halogens is 1. The van der Waals surface area contributed by atoms with Crippen LogP contribution in [0.1, 0.15) is 28.8 Å². The monoisotopic (exact) mass is 386 g/mol. The smallest absolute Gasteiger partial charge is 0.335 e. The van der Waals surface area contributed by atoms with Gasteiger partial charge in [0.05, 0.1) is 22.7 Å². The van der Waals surface area contributed by atoms with Gasteiger partial charge in [0.25, 0.3) is 0 Å². The fourth-order valence-corrected chi connectivity index (χ4v) is 3.46. The van der Waals surface area contributed by atoms with E-state index in [1.165, 1.54) is 6.07 Å². The predicted octanol–water partition coefficient (Wildman–Crippen LogP) is 2.89. The molecule has 0 radical (unpaired) electrons. The van der Waals surface area contributed by atoms with Crippen LogP contribution in [0.15, 0.2) is 48.5 Å². The van der Waals surface area contributed by atoms with Crippen molar-refractivity contribution >= 4 is 35.1 Å². The van der Waals surface area contributed by atoms with E-state index in [2.05, 4.69) is 5.32 Å². The number of nitrogens with zero attached hydrogens (tertiary/aromatic N) is 1. The maximum atomic E-state index is 12.8. The predicted molar refractivity (Wildman–Crippen MR) is 102 cm³/mol. The lowest BCUT2D eigenvalue weighted by atomic mass is 10.0. The van der Waals surface area contributed by atoms with E-state index in [-0.39, 0.29) is 23.8 Å². The first-order valence-electron chi connectivity index (χ1n) is 8.64. The van der Waals surface area contributed by atoms with Gasteiger partial charge in [-0.2, -0.15) is 0 Å². The van der Waals surface area contributed by atoms with Gasteiger partial charge in [0, 0.05) is 6.54 Å². The minimum atomic E-state index is -1.09. The Morgan fingerprint density at radius 3 is 2.59 bits per heavy atom. The third-order valence-corrected chi connectivity index (χ3v) is 4.84. The molecule has 1 fully saturated rings. The topological polar surface area (TPSA) is 86.7 Å². The molecular formula is C20H19ClN2O4. The number of hydrogen-bond acceptors (Lipinski definition) is 3. The number of aromatic carboxylic acids is 1. The van der Waals surface area contributed by atoms with Crippen molar-refractivity contribution in [3.8, 4) is 0 Å². The number of carbonyl (C=O) groups is 3. The first kappa shape index (κ1) is 18.9. The molecule has 2 N–H and O–H groups in total. The molecule has 1 atom stereocenters. The molecule has 2 amide bonds. The summed E-state index contributed by atoms with van der Waals surface area (Å²) >= 11 is 6.19. The molecule has 140 valence electrons. The Labute approximate surface area is 161 Å². The van der Waals surface area contributed by atoms with Crippen molar-refractivity contribution in [2.75, 3.05) is 11.4 Å². The second-order valence-corrected chi connectivity index (χ2v) is 6.75. The molecule has 1 unspecified atom stereocenters. The lowest BCUT2D eigenvalue weighted by molar-refractivity contribution is -0.128. The molecule has 0 saturated carbocycles. The van der Waals surface area contributed by atoms with Crippen molar-refractivity contribution < 1.29 is 19.5 Å². The van der Waals surface area contributed by atoms with Crippen molar-refractivity contribution in [2.24, 2.45) is 0 Å². The fraction of sp³-hybridized carbons (Fsp3) is 0.250. The largest absolute Gasteiger partial charge is 0.478 e. The molecule has 27 heavy (non-hydrogen) atoms. The summed E-state index contributed by atoms with van der Waals surface area (Å²) in [4.78, 5) is 38.1. The summed E-state index contributed by atoms with van der Waals surface area (Å²) in [6, 6.07) is 12.8. The number of hydrogen-bond donors (Lipinski definition) is 2. The molecule has 1 aliphatic heterocycles. The summed E-state index contributed by atoms with van der Waals surface area (Å²) in [5.41, 5.74) is 1.12. The zero-order valence-corrected chi connectivity index (χ0v) is 15.3. The van der Waals surface area contributed by atoms with Crippen molar-refractivity contribution in [3.63, 3.8) is 0 Å². The molecule has 1 aliphatic rings. The summed E-state index contributed by atoms with van der Waals surface area (Å²) in [6.45, 7) is 0.538. The highest BCUT2D eigenvalue weighted by Crippen LogP contribution is 2.28. The zero-order chi connectivity index (χ0) is 19.4. The van der Waals surface area contributed by atoms with E-state index < -0.39 is 12.0 Å². The van der Waals surface area contributed by atoms with Crippen LogP contribution >= 0.6 is 11.6 Å². The first-order valence-corrected chi connectivity index (χ1v) is 9.01. The minimum Gasteiger partial charge on any atom is -0.478 e. The van der Waals surface area contributed by atoms with Gasteiger partial charge >= 0.3 is 5.97 Å². The van der Waals surface area contributed by atoms with Crippen LogP contribution in [0, 0.1) is 0 Å². The SMILES string of the molecule is O=C(Cc1ccccc1C(=O)O)NC1CCCN(c2ccccc2Cl)C1=O. The molecule has 1 heterocycles. The van der Waals surface area contributed by atoms with Crippen LogP contribution < -0.4 is 10.2 Å². The molecule has 0 bridgehead atoms. The molecule has 1 saturated heterocycles. The minimum absolute atomic E-state index is 0.0836. The third-order valence-electron chi connectivity index (χ3n) is 4.52. The second-order valence-electron chi connectivity index (χ2n) is 6.34. The Kier molecular flexibility index (Phi) is 5.76. The van der Waals surface area contributed by atoms with Crippen molar-refractivity contribution in [1.82, 2.24) is 5.32 Å². The standard InChI is InChI=1S/C20H19ClN2O4/c21-15-8-3-4-10-17(15)23-11-5-9-16(19(23)25)22-18(24)12-13-6-1-2-7-14(13)20(26)27/h1-4,6-8,10,16H,5,9,11-12H2,(H,22,24)(H,26,27). The Balaban J connectivity index is 1.70. The fourth-order valence-electron chi connectivity index (χ4n) is 3.22. The van der Waals surface area contributed by atoms with Gasteiger partial charge in [-0.3, -0.25) is 9.59 Å². The van der Waals surface area contributed by atoms with Crippen LogP contribution in [0.25, 0.3) is 0 Å². The summed E-state index contributed by atoms with van der Waals surface area (Å²) in [7, 11) is 0. The number of amides is 2. The number of piperidine rings is 1. The Morgan fingerprint density at radius 2 is 1.85 bits per heavy atom. The third kappa shape index (κ3) is 4.28. The molecular weight excluding hydrogens is 368 g/mol. The Hall–Kier alpha value is -2.86. The summed E-state index contributed by atoms with van der Waals surface area (Å²) in [5, 5.41) is 12.4. The van der Waals surface area contributed by atoms with Gasteiger partial charge in [-0.15, -0.1) is 0 Å². The maximum Gasteiger partial charge on any atom is 0.335 e. The van der Waals surface area contributed by atoms with E-state index >= 15 is 0 Å². The molecule has 0 aliphatic carbocycles. The highest BCUT2D eigenvalue weighted by atomic mass is 35.5. The average molecular weight is 387 g/mol. The molecule has 2 aromatic carbocycles. The number of carboxylic acids is 1. The first-order chi connectivity index (χ1) is 13.0. The molecule has 3 rings (SSSR count). The van der Waals surface area contributed by atoms with E-state index in [9.17, 15) is 19.5 Å². The quantitative estimate of drug-likeness (QED) is 0.827. The van der Waals surface area contributed by atoms with Gasteiger partial charge in [-0.1, -0.05) is 41.9 Å². The van der Waals surface area contributed by atoms with E-state index in [1.807, 2.05) is 0 Å². The highest BCUT2D eigenvalue weighted by Gasteiger charge is 2.31. The zero-order valence-electron chi connectivity index (χ0n) is 14.5. The van der Waals surface area contributed by atoms with E-state index in [4.69, 9.17) is 11.6 Å². The number of nitrogens with one attached hydrogen (secondary N) is 1. The number of carbonyl (C=O) groups excluding carboxylic acids is 2. The average Bonchev–Trinajstić information content (AvgIpc) is 2.64. The lowest BCUT2D eigenvalue weighted by Gasteiger charge is -2.33. The maximum absolute atomic E-state index is 12.8. The summed E-state index contributed by atoms with van der Waals surface area (Å²) in [5.74, 6) is -1.69. The van der Waals surface area contributed by atoms with E-state index in [1.54, 1.807) is 47.4 Å². The van der Waals surface area contributed by atoms with Gasteiger partial charge in [0.2, 0.25) is 11.8 Å². The van der Waals surface area contributed by atoms with Crippen LogP contribution in [0.3, 0.4) is 0 Å². The van der Waals surface area contributed by atoms with Crippen molar-refractivity contribution in [3.05, 3.63) is 64.7 Å². The van der Waals surface area contributed by atoms with Crippen LogP contribution in [0.5, 0.6) is 0 Å². The van der Waals surface area contributed by atoms with Gasteiger partial charge < -0.3 is 15.3 Å². The molecule has 0 aromatic heterocycles. The van der Waals surface area contributed by atoms with Gasteiger partial charge in [0.15, 0.2) is 0 Å². The number of rotatable bonds is 5. The highest BCUT2D eigenvalue weighted by molar-refractivity contribution is 6.33. The van der Waals surface area contributed by atoms with Gasteiger partial charge in [0.1, 0.15) is 6.04 Å². The second kappa shape index (κ2) is 8.22. The molecule has 0 spiro atoms. The Morgan fingerprint density at radius 1 is 1.15 bits per heavy atom. The van der Waals surface area contributed by atoms with Crippen molar-refractivity contribution in [2.45, 2.75) is 25.3 Å². The van der Waals surface area contributed by atoms with E-state index in [0.717, 1.165) is 6.42 Å². The van der Waals surface area contributed by atoms with Crippen molar-refractivity contribution in [1.29, 1.82) is 0 Å². The van der Waals surface area contributed by atoms with Crippen LogP contribution in [0.4, 0.5) is 5.69 Å². The Bertz CT molecular complexity index is 884. The number of para-hydroxylation sites is 1. The van der Waals surface area contributed by atoms with Crippen LogP contribution in [-0.2, 0) is 16.0 Å². The summed E-state index contributed by atoms with van der Waals surface area (Å²) < 4.78 is 0. The lowest BCUT2D eigenvalue weighted by Crippen LogP contribution is -2.52. The molecule has 6 nitrogen and oxygen atoms in total. The number of benzene rings is 2. The summed E-state index contributed by atoms with van der Waals surface area (Å²) in [6.07, 6.45) is 1.16. The molecule has 7 heteroatoms. The number of carboxylic acid groups (broad SMARTS) is 1. The molecule has 2 aromatic rings. The van der Waals surface area contributed by atoms with Crippen LogP contribution in [-0.4, -0.2) is 35.5 Å².